The molecule has 0 radical (unpaired) electrons. The van der Waals surface area contributed by atoms with E-state index in [0.717, 1.165) is 25.7 Å². The molecule has 7 nitrogen and oxygen atoms in total. The van der Waals surface area contributed by atoms with Crippen LogP contribution in [0.25, 0.3) is 5.65 Å². The molecule has 0 aliphatic heterocycles. The minimum atomic E-state index is -0.349. The maximum atomic E-state index is 11.5. The van der Waals surface area contributed by atoms with Gasteiger partial charge in [-0.25, -0.2) is 9.89 Å². The Morgan fingerprint density at radius 3 is 2.90 bits per heavy atom. The number of aromatic amines is 1. The standard InChI is InChI=1S/C13H19N5O2/c19-9-13(6-2-1-3-7-13)8-14-10-4-5-11-15-16-12(20)18(11)17-10/h4-5,19H,1-3,6-9H2,(H,14,17)(H,16,20). The number of anilines is 1. The minimum Gasteiger partial charge on any atom is -0.396 e. The van der Waals surface area contributed by atoms with Crippen LogP contribution in [0.4, 0.5) is 5.82 Å². The van der Waals surface area contributed by atoms with Crippen molar-refractivity contribution in [2.45, 2.75) is 32.1 Å². The van der Waals surface area contributed by atoms with Gasteiger partial charge in [0.15, 0.2) is 5.65 Å². The number of hydrogen-bond donors (Lipinski definition) is 3. The van der Waals surface area contributed by atoms with Crippen molar-refractivity contribution in [1.29, 1.82) is 0 Å². The van der Waals surface area contributed by atoms with Crippen molar-refractivity contribution in [2.75, 3.05) is 18.5 Å². The molecule has 1 saturated carbocycles. The van der Waals surface area contributed by atoms with Crippen molar-refractivity contribution in [2.24, 2.45) is 5.41 Å². The average molecular weight is 277 g/mol. The van der Waals surface area contributed by atoms with E-state index in [-0.39, 0.29) is 17.7 Å². The molecule has 0 unspecified atom stereocenters. The Bertz CT molecular complexity index is 641. The number of aromatic nitrogens is 4. The molecule has 0 spiro atoms. The van der Waals surface area contributed by atoms with E-state index in [1.54, 1.807) is 12.1 Å². The second-order valence-electron chi connectivity index (χ2n) is 5.59. The quantitative estimate of drug-likeness (QED) is 0.767. The fourth-order valence-corrected chi connectivity index (χ4v) is 2.87. The van der Waals surface area contributed by atoms with E-state index >= 15 is 0 Å². The van der Waals surface area contributed by atoms with E-state index in [1.807, 2.05) is 0 Å². The molecule has 2 heterocycles. The zero-order valence-electron chi connectivity index (χ0n) is 11.3. The van der Waals surface area contributed by atoms with Crippen molar-refractivity contribution in [3.05, 3.63) is 22.6 Å². The van der Waals surface area contributed by atoms with Crippen LogP contribution in [0, 0.1) is 5.41 Å². The van der Waals surface area contributed by atoms with Crippen LogP contribution in [0.1, 0.15) is 32.1 Å². The zero-order valence-corrected chi connectivity index (χ0v) is 11.3. The molecule has 0 atom stereocenters. The summed E-state index contributed by atoms with van der Waals surface area (Å²) in [6.45, 7) is 0.864. The zero-order chi connectivity index (χ0) is 14.0. The maximum Gasteiger partial charge on any atom is 0.364 e. The number of aliphatic hydroxyl groups is 1. The lowest BCUT2D eigenvalue weighted by Crippen LogP contribution is -2.35. The molecule has 2 aromatic heterocycles. The molecular formula is C13H19N5O2. The van der Waals surface area contributed by atoms with E-state index < -0.39 is 0 Å². The Kier molecular flexibility index (Phi) is 3.43. The van der Waals surface area contributed by atoms with E-state index in [0.29, 0.717) is 18.0 Å². The average Bonchev–Trinajstić information content (AvgIpc) is 2.87. The van der Waals surface area contributed by atoms with Crippen molar-refractivity contribution < 1.29 is 5.11 Å². The number of H-pyrrole nitrogens is 1. The molecule has 108 valence electrons. The summed E-state index contributed by atoms with van der Waals surface area (Å²) in [7, 11) is 0. The van der Waals surface area contributed by atoms with Crippen molar-refractivity contribution in [1.82, 2.24) is 19.8 Å². The summed E-state index contributed by atoms with van der Waals surface area (Å²) in [5.74, 6) is 0.624. The molecular weight excluding hydrogens is 258 g/mol. The largest absolute Gasteiger partial charge is 0.396 e. The van der Waals surface area contributed by atoms with Crippen LogP contribution >= 0.6 is 0 Å². The van der Waals surface area contributed by atoms with Crippen LogP contribution in [0.5, 0.6) is 0 Å². The van der Waals surface area contributed by atoms with Gasteiger partial charge >= 0.3 is 5.69 Å². The molecule has 7 heteroatoms. The van der Waals surface area contributed by atoms with Gasteiger partial charge in [-0.1, -0.05) is 19.3 Å². The molecule has 0 saturated heterocycles. The third-order valence-electron chi connectivity index (χ3n) is 4.17. The molecule has 2 aromatic rings. The molecule has 0 amide bonds. The fourth-order valence-electron chi connectivity index (χ4n) is 2.87. The Hall–Kier alpha value is -1.89. The van der Waals surface area contributed by atoms with Crippen LogP contribution in [0.2, 0.25) is 0 Å². The monoisotopic (exact) mass is 277 g/mol. The third-order valence-corrected chi connectivity index (χ3v) is 4.17. The van der Waals surface area contributed by atoms with Gasteiger partial charge in [0.05, 0.1) is 6.61 Å². The Balaban J connectivity index is 1.75. The first-order valence-electron chi connectivity index (χ1n) is 7.02. The molecule has 20 heavy (non-hydrogen) atoms. The summed E-state index contributed by atoms with van der Waals surface area (Å²) < 4.78 is 1.23. The van der Waals surface area contributed by atoms with Gasteiger partial charge in [0.1, 0.15) is 5.82 Å². The first kappa shape index (κ1) is 13.1. The molecule has 3 N–H and O–H groups in total. The highest BCUT2D eigenvalue weighted by Gasteiger charge is 2.31. The van der Waals surface area contributed by atoms with Crippen molar-refractivity contribution in [3.8, 4) is 0 Å². The highest BCUT2D eigenvalue weighted by atomic mass is 16.3. The van der Waals surface area contributed by atoms with Gasteiger partial charge in [0.25, 0.3) is 0 Å². The maximum absolute atomic E-state index is 11.5. The molecule has 1 aliphatic carbocycles. The Morgan fingerprint density at radius 1 is 1.35 bits per heavy atom. The van der Waals surface area contributed by atoms with Gasteiger partial charge in [0, 0.05) is 12.0 Å². The topological polar surface area (TPSA) is 95.3 Å². The first-order chi connectivity index (χ1) is 9.72. The lowest BCUT2D eigenvalue weighted by atomic mass is 9.74. The fraction of sp³-hybridized carbons (Fsp3) is 0.615. The Labute approximate surface area is 116 Å². The molecule has 3 rings (SSSR count). The van der Waals surface area contributed by atoms with Crippen LogP contribution in [-0.4, -0.2) is 38.1 Å². The van der Waals surface area contributed by atoms with E-state index in [1.165, 1.54) is 10.9 Å². The van der Waals surface area contributed by atoms with Gasteiger partial charge < -0.3 is 10.4 Å². The van der Waals surface area contributed by atoms with Crippen LogP contribution < -0.4 is 11.0 Å². The summed E-state index contributed by atoms with van der Waals surface area (Å²) in [6, 6.07) is 3.53. The summed E-state index contributed by atoms with van der Waals surface area (Å²) in [4.78, 5) is 11.5. The predicted molar refractivity (Wildman–Crippen MR) is 74.7 cm³/mol. The number of nitrogens with one attached hydrogen (secondary N) is 2. The highest BCUT2D eigenvalue weighted by molar-refractivity contribution is 5.43. The van der Waals surface area contributed by atoms with Gasteiger partial charge in [-0.2, -0.15) is 9.61 Å². The first-order valence-corrected chi connectivity index (χ1v) is 7.02. The van der Waals surface area contributed by atoms with Crippen LogP contribution in [0.15, 0.2) is 16.9 Å². The van der Waals surface area contributed by atoms with E-state index in [9.17, 15) is 9.90 Å². The lowest BCUT2D eigenvalue weighted by Gasteiger charge is -2.35. The number of aliphatic hydroxyl groups excluding tert-OH is 1. The molecule has 1 aliphatic rings. The highest BCUT2D eigenvalue weighted by Crippen LogP contribution is 2.35. The molecule has 1 fully saturated rings. The lowest BCUT2D eigenvalue weighted by molar-refractivity contribution is 0.0943. The number of rotatable bonds is 4. The van der Waals surface area contributed by atoms with Crippen molar-refractivity contribution in [3.63, 3.8) is 0 Å². The normalized spacial score (nSPS) is 18.2. The smallest absolute Gasteiger partial charge is 0.364 e. The third kappa shape index (κ3) is 2.40. The summed E-state index contributed by atoms with van der Waals surface area (Å²) in [5.41, 5.74) is 0.0873. The molecule has 0 bridgehead atoms. The number of hydrogen-bond acceptors (Lipinski definition) is 5. The van der Waals surface area contributed by atoms with E-state index in [2.05, 4.69) is 20.6 Å². The Morgan fingerprint density at radius 2 is 2.15 bits per heavy atom. The minimum absolute atomic E-state index is 0.0593. The van der Waals surface area contributed by atoms with Gasteiger partial charge in [-0.15, -0.1) is 5.10 Å². The van der Waals surface area contributed by atoms with Crippen molar-refractivity contribution >= 4 is 11.5 Å². The molecule has 0 aromatic carbocycles. The van der Waals surface area contributed by atoms with Gasteiger partial charge in [-0.3, -0.25) is 0 Å². The van der Waals surface area contributed by atoms with Gasteiger partial charge in [-0.05, 0) is 25.0 Å². The predicted octanol–water partition coefficient (Wildman–Crippen LogP) is 0.772. The second-order valence-corrected chi connectivity index (χ2v) is 5.59. The number of fused-ring (bicyclic) bond motifs is 1. The summed E-state index contributed by atoms with van der Waals surface area (Å²) in [6.07, 6.45) is 5.64. The summed E-state index contributed by atoms with van der Waals surface area (Å²) in [5, 5.41) is 23.3. The SMILES string of the molecule is O=c1[nH]nc2ccc(NCC3(CO)CCCCC3)nn12. The summed E-state index contributed by atoms with van der Waals surface area (Å²) >= 11 is 0. The van der Waals surface area contributed by atoms with Crippen LogP contribution in [-0.2, 0) is 0 Å². The van der Waals surface area contributed by atoms with Crippen LogP contribution in [0.3, 0.4) is 0 Å². The second kappa shape index (κ2) is 5.24. The van der Waals surface area contributed by atoms with Gasteiger partial charge in [0.2, 0.25) is 0 Å². The van der Waals surface area contributed by atoms with E-state index in [4.69, 9.17) is 0 Å². The number of nitrogens with zero attached hydrogens (tertiary/aromatic N) is 3.